The minimum Gasteiger partial charge on any atom is -0.367 e. The van der Waals surface area contributed by atoms with Crippen LogP contribution in [0.5, 0.6) is 0 Å². The molecule has 0 aliphatic heterocycles. The number of rotatable bonds is 4. The Morgan fingerprint density at radius 2 is 2.28 bits per heavy atom. The van der Waals surface area contributed by atoms with Crippen molar-refractivity contribution in [2.45, 2.75) is 26.3 Å². The largest absolute Gasteiger partial charge is 0.367 e. The van der Waals surface area contributed by atoms with Crippen LogP contribution in [0.2, 0.25) is 0 Å². The molecule has 1 amide bonds. The minimum atomic E-state index is -0.0637. The average Bonchev–Trinajstić information content (AvgIpc) is 2.83. The van der Waals surface area contributed by atoms with Gasteiger partial charge in [0.2, 0.25) is 0 Å². The molecule has 0 bridgehead atoms. The van der Waals surface area contributed by atoms with Crippen LogP contribution in [0.15, 0.2) is 36.8 Å². The quantitative estimate of drug-likeness (QED) is 0.867. The molecule has 0 radical (unpaired) electrons. The molecule has 4 nitrogen and oxygen atoms in total. The fourth-order valence-corrected chi connectivity index (χ4v) is 1.89. The van der Waals surface area contributed by atoms with Crippen molar-refractivity contribution in [3.05, 3.63) is 53.6 Å². The summed E-state index contributed by atoms with van der Waals surface area (Å²) in [5.74, 6) is -0.0637. The SMILES string of the molecule is CC[C@H](NC(=O)c1c[nH]cc1C)c1ccccn1. The highest BCUT2D eigenvalue weighted by atomic mass is 16.1. The molecule has 0 unspecified atom stereocenters. The number of nitrogens with zero attached hydrogens (tertiary/aromatic N) is 1. The first-order valence-corrected chi connectivity index (χ1v) is 6.07. The van der Waals surface area contributed by atoms with Crippen LogP contribution in [0.1, 0.15) is 41.0 Å². The smallest absolute Gasteiger partial charge is 0.253 e. The molecule has 18 heavy (non-hydrogen) atoms. The Bertz CT molecular complexity index is 519. The van der Waals surface area contributed by atoms with Crippen molar-refractivity contribution in [3.8, 4) is 0 Å². The van der Waals surface area contributed by atoms with E-state index in [-0.39, 0.29) is 11.9 Å². The van der Waals surface area contributed by atoms with Crippen molar-refractivity contribution < 1.29 is 4.79 Å². The number of aryl methyl sites for hydroxylation is 1. The predicted molar refractivity (Wildman–Crippen MR) is 70.3 cm³/mol. The van der Waals surface area contributed by atoms with E-state index in [1.165, 1.54) is 0 Å². The lowest BCUT2D eigenvalue weighted by molar-refractivity contribution is 0.0934. The first-order chi connectivity index (χ1) is 8.72. The average molecular weight is 243 g/mol. The van der Waals surface area contributed by atoms with E-state index in [2.05, 4.69) is 15.3 Å². The van der Waals surface area contributed by atoms with Crippen LogP contribution in [0.25, 0.3) is 0 Å². The second-order valence-electron chi connectivity index (χ2n) is 4.24. The van der Waals surface area contributed by atoms with Gasteiger partial charge in [-0.25, -0.2) is 0 Å². The highest BCUT2D eigenvalue weighted by Crippen LogP contribution is 2.15. The number of nitrogens with one attached hydrogen (secondary N) is 2. The number of amides is 1. The Morgan fingerprint density at radius 3 is 2.83 bits per heavy atom. The van der Waals surface area contributed by atoms with Gasteiger partial charge in [-0.1, -0.05) is 13.0 Å². The molecule has 0 aromatic carbocycles. The standard InChI is InChI=1S/C14H17N3O/c1-3-12(13-6-4-5-7-16-13)17-14(18)11-9-15-8-10(11)2/h4-9,12,15H,3H2,1-2H3,(H,17,18)/t12-/m0/s1. The number of carbonyl (C=O) groups is 1. The lowest BCUT2D eigenvalue weighted by Gasteiger charge is -2.16. The topological polar surface area (TPSA) is 57.8 Å². The third-order valence-corrected chi connectivity index (χ3v) is 2.96. The molecule has 2 rings (SSSR count). The maximum Gasteiger partial charge on any atom is 0.253 e. The molecule has 94 valence electrons. The van der Waals surface area contributed by atoms with E-state index in [4.69, 9.17) is 0 Å². The molecular weight excluding hydrogens is 226 g/mol. The summed E-state index contributed by atoms with van der Waals surface area (Å²) < 4.78 is 0. The molecule has 0 fully saturated rings. The summed E-state index contributed by atoms with van der Waals surface area (Å²) in [5, 5.41) is 3.00. The molecule has 2 aromatic rings. The van der Waals surface area contributed by atoms with E-state index in [9.17, 15) is 4.79 Å². The van der Waals surface area contributed by atoms with E-state index >= 15 is 0 Å². The van der Waals surface area contributed by atoms with Gasteiger partial charge in [-0.2, -0.15) is 0 Å². The fraction of sp³-hybridized carbons (Fsp3) is 0.286. The van der Waals surface area contributed by atoms with E-state index in [0.29, 0.717) is 5.56 Å². The van der Waals surface area contributed by atoms with Crippen LogP contribution >= 0.6 is 0 Å². The number of pyridine rings is 1. The number of aromatic amines is 1. The zero-order chi connectivity index (χ0) is 13.0. The normalized spacial score (nSPS) is 12.1. The summed E-state index contributed by atoms with van der Waals surface area (Å²) in [7, 11) is 0. The van der Waals surface area contributed by atoms with Crippen molar-refractivity contribution in [2.75, 3.05) is 0 Å². The summed E-state index contributed by atoms with van der Waals surface area (Å²) in [4.78, 5) is 19.3. The minimum absolute atomic E-state index is 0.0481. The number of H-pyrrole nitrogens is 1. The van der Waals surface area contributed by atoms with Crippen molar-refractivity contribution in [3.63, 3.8) is 0 Å². The van der Waals surface area contributed by atoms with Gasteiger partial charge in [0.1, 0.15) is 0 Å². The highest BCUT2D eigenvalue weighted by molar-refractivity contribution is 5.95. The molecule has 0 aliphatic rings. The molecule has 2 aromatic heterocycles. The summed E-state index contributed by atoms with van der Waals surface area (Å²) in [5.41, 5.74) is 2.52. The van der Waals surface area contributed by atoms with Crippen LogP contribution in [-0.2, 0) is 0 Å². The number of hydrogen-bond acceptors (Lipinski definition) is 2. The van der Waals surface area contributed by atoms with E-state index in [1.807, 2.05) is 38.2 Å². The van der Waals surface area contributed by atoms with Crippen molar-refractivity contribution in [2.24, 2.45) is 0 Å². The maximum absolute atomic E-state index is 12.1. The molecular formula is C14H17N3O. The van der Waals surface area contributed by atoms with Crippen LogP contribution in [0, 0.1) is 6.92 Å². The predicted octanol–water partition coefficient (Wildman–Crippen LogP) is 2.60. The van der Waals surface area contributed by atoms with Gasteiger partial charge >= 0.3 is 0 Å². The molecule has 2 N–H and O–H groups in total. The van der Waals surface area contributed by atoms with Gasteiger partial charge < -0.3 is 10.3 Å². The van der Waals surface area contributed by atoms with Gasteiger partial charge in [-0.05, 0) is 31.0 Å². The summed E-state index contributed by atoms with van der Waals surface area (Å²) in [6, 6.07) is 5.68. The van der Waals surface area contributed by atoms with E-state index in [1.54, 1.807) is 12.4 Å². The molecule has 0 spiro atoms. The van der Waals surface area contributed by atoms with Crippen LogP contribution < -0.4 is 5.32 Å². The molecule has 1 atom stereocenters. The molecule has 4 heteroatoms. The third-order valence-electron chi connectivity index (χ3n) is 2.96. The molecule has 0 aliphatic carbocycles. The zero-order valence-electron chi connectivity index (χ0n) is 10.6. The van der Waals surface area contributed by atoms with Crippen molar-refractivity contribution in [1.29, 1.82) is 0 Å². The van der Waals surface area contributed by atoms with Gasteiger partial charge in [-0.15, -0.1) is 0 Å². The van der Waals surface area contributed by atoms with Gasteiger partial charge in [-0.3, -0.25) is 9.78 Å². The lowest BCUT2D eigenvalue weighted by atomic mass is 10.1. The maximum atomic E-state index is 12.1. The molecule has 0 saturated carbocycles. The van der Waals surface area contributed by atoms with Crippen molar-refractivity contribution in [1.82, 2.24) is 15.3 Å². The zero-order valence-corrected chi connectivity index (χ0v) is 10.6. The Hall–Kier alpha value is -2.10. The van der Waals surface area contributed by atoms with E-state index < -0.39 is 0 Å². The first-order valence-electron chi connectivity index (χ1n) is 6.07. The third kappa shape index (κ3) is 2.59. The molecule has 2 heterocycles. The van der Waals surface area contributed by atoms with Gasteiger partial charge in [0, 0.05) is 18.6 Å². The van der Waals surface area contributed by atoms with Crippen molar-refractivity contribution >= 4 is 5.91 Å². The fourth-order valence-electron chi connectivity index (χ4n) is 1.89. The monoisotopic (exact) mass is 243 g/mol. The highest BCUT2D eigenvalue weighted by Gasteiger charge is 2.16. The van der Waals surface area contributed by atoms with Gasteiger partial charge in [0.25, 0.3) is 5.91 Å². The second kappa shape index (κ2) is 5.49. The van der Waals surface area contributed by atoms with Gasteiger partial charge in [0.15, 0.2) is 0 Å². The number of hydrogen-bond donors (Lipinski definition) is 2. The summed E-state index contributed by atoms with van der Waals surface area (Å²) in [6.45, 7) is 3.94. The Morgan fingerprint density at radius 1 is 1.44 bits per heavy atom. The second-order valence-corrected chi connectivity index (χ2v) is 4.24. The summed E-state index contributed by atoms with van der Waals surface area (Å²) >= 11 is 0. The Kier molecular flexibility index (Phi) is 3.77. The van der Waals surface area contributed by atoms with E-state index in [0.717, 1.165) is 17.7 Å². The Balaban J connectivity index is 2.13. The van der Waals surface area contributed by atoms with Crippen LogP contribution in [0.3, 0.4) is 0 Å². The number of carbonyl (C=O) groups excluding carboxylic acids is 1. The lowest BCUT2D eigenvalue weighted by Crippen LogP contribution is -2.28. The molecule has 0 saturated heterocycles. The van der Waals surface area contributed by atoms with Gasteiger partial charge in [0.05, 0.1) is 17.3 Å². The summed E-state index contributed by atoms with van der Waals surface area (Å²) in [6.07, 6.45) is 6.09. The van der Waals surface area contributed by atoms with Crippen LogP contribution in [-0.4, -0.2) is 15.9 Å². The Labute approximate surface area is 106 Å². The van der Waals surface area contributed by atoms with Crippen LogP contribution in [0.4, 0.5) is 0 Å². The number of aromatic nitrogens is 2. The first kappa shape index (κ1) is 12.4.